The summed E-state index contributed by atoms with van der Waals surface area (Å²) in [7, 11) is 0. The van der Waals surface area contributed by atoms with E-state index in [0.29, 0.717) is 18.7 Å². The van der Waals surface area contributed by atoms with Crippen LogP contribution in [0.3, 0.4) is 0 Å². The van der Waals surface area contributed by atoms with E-state index in [-0.39, 0.29) is 11.4 Å². The quantitative estimate of drug-likeness (QED) is 0.605. The third-order valence-corrected chi connectivity index (χ3v) is 3.24. The van der Waals surface area contributed by atoms with Gasteiger partial charge in [0.15, 0.2) is 0 Å². The number of hydrogen-bond donors (Lipinski definition) is 2. The van der Waals surface area contributed by atoms with Gasteiger partial charge >= 0.3 is 5.97 Å². The van der Waals surface area contributed by atoms with Crippen LogP contribution in [-0.4, -0.2) is 26.5 Å². The third kappa shape index (κ3) is 2.98. The summed E-state index contributed by atoms with van der Waals surface area (Å²) in [5.41, 5.74) is -0.934. The number of pyridine rings is 1. The molecule has 0 aliphatic rings. The minimum Gasteiger partial charge on any atom is -0.480 e. The first-order valence-electron chi connectivity index (χ1n) is 6.00. The zero-order valence-electron chi connectivity index (χ0n) is 11.1. The highest BCUT2D eigenvalue weighted by atomic mass is 16.6. The smallest absolute Gasteiger partial charge is 0.329 e. The van der Waals surface area contributed by atoms with Gasteiger partial charge in [0.25, 0.3) is 5.69 Å². The summed E-state index contributed by atoms with van der Waals surface area (Å²) in [5.74, 6) is -0.635. The van der Waals surface area contributed by atoms with E-state index in [0.717, 1.165) is 0 Å². The highest BCUT2D eigenvalue weighted by molar-refractivity contribution is 5.82. The van der Waals surface area contributed by atoms with Crippen LogP contribution in [0.4, 0.5) is 11.5 Å². The second-order valence-corrected chi connectivity index (χ2v) is 4.28. The fourth-order valence-corrected chi connectivity index (χ4v) is 1.84. The highest BCUT2D eigenvalue weighted by Gasteiger charge is 2.35. The number of rotatable bonds is 6. The van der Waals surface area contributed by atoms with E-state index < -0.39 is 16.4 Å². The molecule has 0 aliphatic heterocycles. The lowest BCUT2D eigenvalue weighted by molar-refractivity contribution is -0.385. The number of nitrogens with one attached hydrogen (secondary N) is 1. The molecule has 1 heterocycles. The Kier molecular flexibility index (Phi) is 4.42. The molecule has 0 bridgehead atoms. The molecule has 0 saturated heterocycles. The Hall–Kier alpha value is -2.18. The Labute approximate surface area is 110 Å². The lowest BCUT2D eigenvalue weighted by atomic mass is 9.93. The zero-order chi connectivity index (χ0) is 14.6. The van der Waals surface area contributed by atoms with Gasteiger partial charge in [0.1, 0.15) is 17.1 Å². The number of nitro groups is 1. The molecule has 0 aliphatic carbocycles. The van der Waals surface area contributed by atoms with E-state index in [1.54, 1.807) is 13.8 Å². The van der Waals surface area contributed by atoms with Gasteiger partial charge in [0, 0.05) is 6.07 Å². The molecule has 1 rings (SSSR count). The summed E-state index contributed by atoms with van der Waals surface area (Å²) in [6.45, 7) is 5.05. The fraction of sp³-hybridized carbons (Fsp3) is 0.500. The van der Waals surface area contributed by atoms with Gasteiger partial charge in [-0.05, 0) is 25.8 Å². The van der Waals surface area contributed by atoms with Crippen molar-refractivity contribution in [2.75, 3.05) is 5.32 Å². The number of hydrogen-bond acceptors (Lipinski definition) is 5. The molecule has 0 radical (unpaired) electrons. The molecule has 104 valence electrons. The third-order valence-electron chi connectivity index (χ3n) is 3.24. The largest absolute Gasteiger partial charge is 0.480 e. The van der Waals surface area contributed by atoms with Crippen molar-refractivity contribution >= 4 is 17.5 Å². The van der Waals surface area contributed by atoms with Gasteiger partial charge in [-0.25, -0.2) is 9.78 Å². The van der Waals surface area contributed by atoms with Crippen molar-refractivity contribution in [3.63, 3.8) is 0 Å². The predicted octanol–water partition coefficient (Wildman–Crippen LogP) is 2.35. The SMILES string of the molecule is CCC(CC)(Nc1ccc([N+](=O)[O-])c(C)n1)C(=O)O. The molecule has 1 aromatic rings. The lowest BCUT2D eigenvalue weighted by Gasteiger charge is -2.28. The van der Waals surface area contributed by atoms with Crippen LogP contribution in [-0.2, 0) is 4.79 Å². The monoisotopic (exact) mass is 267 g/mol. The summed E-state index contributed by atoms with van der Waals surface area (Å²) < 4.78 is 0. The number of carboxylic acids is 1. The van der Waals surface area contributed by atoms with Crippen LogP contribution in [0.25, 0.3) is 0 Å². The molecule has 0 saturated carbocycles. The Bertz CT molecular complexity index is 498. The maximum atomic E-state index is 11.3. The minimum atomic E-state index is -1.10. The molecule has 0 unspecified atom stereocenters. The first kappa shape index (κ1) is 14.9. The van der Waals surface area contributed by atoms with E-state index in [1.807, 2.05) is 0 Å². The second kappa shape index (κ2) is 5.64. The van der Waals surface area contributed by atoms with Gasteiger partial charge < -0.3 is 10.4 Å². The van der Waals surface area contributed by atoms with Crippen LogP contribution in [0.5, 0.6) is 0 Å². The Morgan fingerprint density at radius 2 is 2.05 bits per heavy atom. The summed E-state index contributed by atoms with van der Waals surface area (Å²) >= 11 is 0. The molecule has 2 N–H and O–H groups in total. The molecule has 1 aromatic heterocycles. The van der Waals surface area contributed by atoms with Gasteiger partial charge in [0.2, 0.25) is 0 Å². The van der Waals surface area contributed by atoms with E-state index in [9.17, 15) is 20.0 Å². The second-order valence-electron chi connectivity index (χ2n) is 4.28. The van der Waals surface area contributed by atoms with Crippen molar-refractivity contribution in [3.05, 3.63) is 27.9 Å². The van der Waals surface area contributed by atoms with Gasteiger partial charge in [-0.3, -0.25) is 10.1 Å². The average Bonchev–Trinajstić information content (AvgIpc) is 2.35. The Morgan fingerprint density at radius 1 is 1.47 bits per heavy atom. The van der Waals surface area contributed by atoms with Crippen molar-refractivity contribution in [2.24, 2.45) is 0 Å². The maximum Gasteiger partial charge on any atom is 0.329 e. The van der Waals surface area contributed by atoms with Gasteiger partial charge in [-0.15, -0.1) is 0 Å². The van der Waals surface area contributed by atoms with Gasteiger partial charge in [-0.2, -0.15) is 0 Å². The highest BCUT2D eigenvalue weighted by Crippen LogP contribution is 2.24. The molecule has 0 aromatic carbocycles. The van der Waals surface area contributed by atoms with Crippen LogP contribution in [0.2, 0.25) is 0 Å². The molecule has 0 fully saturated rings. The van der Waals surface area contributed by atoms with Crippen LogP contribution < -0.4 is 5.32 Å². The molecule has 0 spiro atoms. The lowest BCUT2D eigenvalue weighted by Crippen LogP contribution is -2.45. The van der Waals surface area contributed by atoms with E-state index >= 15 is 0 Å². The number of carboxylic acid groups (broad SMARTS) is 1. The van der Waals surface area contributed by atoms with E-state index in [4.69, 9.17) is 0 Å². The summed E-state index contributed by atoms with van der Waals surface area (Å²) in [6, 6.07) is 2.75. The average molecular weight is 267 g/mol. The van der Waals surface area contributed by atoms with Crippen molar-refractivity contribution in [1.82, 2.24) is 4.98 Å². The topological polar surface area (TPSA) is 105 Å². The molecule has 7 heteroatoms. The number of nitrogens with zero attached hydrogens (tertiary/aromatic N) is 2. The molecular weight excluding hydrogens is 250 g/mol. The van der Waals surface area contributed by atoms with E-state index in [1.165, 1.54) is 19.1 Å². The first-order chi connectivity index (χ1) is 8.86. The standard InChI is InChI=1S/C12H17N3O4/c1-4-12(5-2,11(16)17)14-10-7-6-9(15(18)19)8(3)13-10/h6-7H,4-5H2,1-3H3,(H,13,14)(H,16,17). The fourth-order valence-electron chi connectivity index (χ4n) is 1.84. The number of carbonyl (C=O) groups is 1. The number of aliphatic carboxylic acids is 1. The normalized spacial score (nSPS) is 11.1. The van der Waals surface area contributed by atoms with Crippen LogP contribution >= 0.6 is 0 Å². The van der Waals surface area contributed by atoms with Crippen molar-refractivity contribution in [3.8, 4) is 0 Å². The van der Waals surface area contributed by atoms with Crippen LogP contribution in [0.1, 0.15) is 32.4 Å². The van der Waals surface area contributed by atoms with Crippen LogP contribution in [0, 0.1) is 17.0 Å². The summed E-state index contributed by atoms with van der Waals surface area (Å²) in [4.78, 5) is 25.6. The molecule has 7 nitrogen and oxygen atoms in total. The van der Waals surface area contributed by atoms with Gasteiger partial charge in [-0.1, -0.05) is 13.8 Å². The van der Waals surface area contributed by atoms with Crippen molar-refractivity contribution < 1.29 is 14.8 Å². The minimum absolute atomic E-state index is 0.0838. The summed E-state index contributed by atoms with van der Waals surface area (Å²) in [5, 5.41) is 22.9. The maximum absolute atomic E-state index is 11.3. The first-order valence-corrected chi connectivity index (χ1v) is 6.00. The number of aryl methyl sites for hydroxylation is 1. The molecule has 0 amide bonds. The zero-order valence-corrected chi connectivity index (χ0v) is 11.1. The molecule has 19 heavy (non-hydrogen) atoms. The Balaban J connectivity index is 3.08. The molecule has 0 atom stereocenters. The number of anilines is 1. The Morgan fingerprint density at radius 3 is 2.42 bits per heavy atom. The summed E-state index contributed by atoms with van der Waals surface area (Å²) in [6.07, 6.45) is 0.771. The predicted molar refractivity (Wildman–Crippen MR) is 70.2 cm³/mol. The molecular formula is C12H17N3O4. The van der Waals surface area contributed by atoms with Crippen molar-refractivity contribution in [1.29, 1.82) is 0 Å². The van der Waals surface area contributed by atoms with Crippen molar-refractivity contribution in [2.45, 2.75) is 39.2 Å². The van der Waals surface area contributed by atoms with Gasteiger partial charge in [0.05, 0.1) is 4.92 Å². The number of aromatic nitrogens is 1. The van der Waals surface area contributed by atoms with E-state index in [2.05, 4.69) is 10.3 Å². The van der Waals surface area contributed by atoms with Crippen LogP contribution in [0.15, 0.2) is 12.1 Å².